The quantitative estimate of drug-likeness (QED) is 0.428. The van der Waals surface area contributed by atoms with E-state index in [1.54, 1.807) is 37.3 Å². The Morgan fingerprint density at radius 2 is 1.64 bits per heavy atom. The summed E-state index contributed by atoms with van der Waals surface area (Å²) in [5, 5.41) is 0. The Morgan fingerprint density at radius 3 is 2.05 bits per heavy atom. The number of hydrogen-bond donors (Lipinski definition) is 2. The summed E-state index contributed by atoms with van der Waals surface area (Å²) < 4.78 is 5.60. The SMILES string of the molecule is C=C/C=C(\C=C(/C)N)Oc1cccc(N)c1.CC.CC.CC. The van der Waals surface area contributed by atoms with Crippen molar-refractivity contribution in [3.63, 3.8) is 0 Å². The van der Waals surface area contributed by atoms with Gasteiger partial charge in [-0.3, -0.25) is 0 Å². The van der Waals surface area contributed by atoms with Crippen molar-refractivity contribution in [2.75, 3.05) is 5.73 Å². The third-order valence-corrected chi connectivity index (χ3v) is 1.75. The van der Waals surface area contributed by atoms with Gasteiger partial charge in [0.2, 0.25) is 0 Å². The molecule has 0 heterocycles. The molecule has 0 fully saturated rings. The average molecular weight is 306 g/mol. The number of nitrogens with two attached hydrogens (primary N) is 2. The normalized spacial score (nSPS) is 9.77. The van der Waals surface area contributed by atoms with Gasteiger partial charge >= 0.3 is 0 Å². The molecule has 1 rings (SSSR count). The fraction of sp³-hybridized carbons (Fsp3) is 0.368. The highest BCUT2D eigenvalue weighted by Gasteiger charge is 1.97. The van der Waals surface area contributed by atoms with Gasteiger partial charge in [0.05, 0.1) is 0 Å². The Morgan fingerprint density at radius 1 is 1.09 bits per heavy atom. The molecule has 0 atom stereocenters. The Kier molecular flexibility index (Phi) is 21.3. The number of benzene rings is 1. The van der Waals surface area contributed by atoms with E-state index in [-0.39, 0.29) is 0 Å². The summed E-state index contributed by atoms with van der Waals surface area (Å²) in [7, 11) is 0. The number of hydrogen-bond acceptors (Lipinski definition) is 3. The van der Waals surface area contributed by atoms with E-state index in [0.717, 1.165) is 0 Å². The fourth-order valence-corrected chi connectivity index (χ4v) is 1.17. The summed E-state index contributed by atoms with van der Waals surface area (Å²) in [5.41, 5.74) is 12.6. The third kappa shape index (κ3) is 14.3. The predicted molar refractivity (Wildman–Crippen MR) is 102 cm³/mol. The average Bonchev–Trinajstić information content (AvgIpc) is 2.53. The predicted octanol–water partition coefficient (Wildman–Crippen LogP) is 5.66. The highest BCUT2D eigenvalue weighted by atomic mass is 16.5. The van der Waals surface area contributed by atoms with Gasteiger partial charge in [0, 0.05) is 17.5 Å². The minimum atomic E-state index is 0.626. The summed E-state index contributed by atoms with van der Waals surface area (Å²) in [4.78, 5) is 0. The van der Waals surface area contributed by atoms with Crippen LogP contribution in [0.25, 0.3) is 0 Å². The smallest absolute Gasteiger partial charge is 0.129 e. The molecule has 4 N–H and O–H groups in total. The first-order chi connectivity index (χ1) is 10.6. The second kappa shape index (κ2) is 18.8. The Hall–Kier alpha value is -2.16. The summed E-state index contributed by atoms with van der Waals surface area (Å²) in [6.07, 6.45) is 5.10. The lowest BCUT2D eigenvalue weighted by Gasteiger charge is -2.07. The van der Waals surface area contributed by atoms with Crippen molar-refractivity contribution < 1.29 is 4.74 Å². The summed E-state index contributed by atoms with van der Waals surface area (Å²) >= 11 is 0. The highest BCUT2D eigenvalue weighted by Crippen LogP contribution is 2.18. The second-order valence-electron chi connectivity index (χ2n) is 3.37. The van der Waals surface area contributed by atoms with Crippen LogP contribution in [0.3, 0.4) is 0 Å². The molecule has 126 valence electrons. The Labute approximate surface area is 137 Å². The first kappa shape index (κ1) is 24.8. The molecular weight excluding hydrogens is 272 g/mol. The van der Waals surface area contributed by atoms with Gasteiger partial charge in [-0.2, -0.15) is 0 Å². The van der Waals surface area contributed by atoms with Crippen LogP contribution in [0.5, 0.6) is 5.75 Å². The van der Waals surface area contributed by atoms with Gasteiger partial charge in [-0.25, -0.2) is 0 Å². The molecule has 0 aliphatic heterocycles. The zero-order valence-electron chi connectivity index (χ0n) is 15.3. The number of ether oxygens (including phenoxy) is 1. The molecule has 3 nitrogen and oxygen atoms in total. The molecule has 0 saturated heterocycles. The van der Waals surface area contributed by atoms with Crippen molar-refractivity contribution in [3.05, 3.63) is 60.5 Å². The maximum Gasteiger partial charge on any atom is 0.129 e. The molecule has 22 heavy (non-hydrogen) atoms. The monoisotopic (exact) mass is 306 g/mol. The van der Waals surface area contributed by atoms with E-state index in [4.69, 9.17) is 16.2 Å². The number of allylic oxidation sites excluding steroid dienone is 4. The first-order valence-electron chi connectivity index (χ1n) is 7.91. The molecule has 1 aromatic carbocycles. The largest absolute Gasteiger partial charge is 0.457 e. The van der Waals surface area contributed by atoms with Crippen molar-refractivity contribution >= 4 is 5.69 Å². The van der Waals surface area contributed by atoms with Gasteiger partial charge in [-0.15, -0.1) is 0 Å². The molecule has 0 bridgehead atoms. The van der Waals surface area contributed by atoms with E-state index >= 15 is 0 Å². The van der Waals surface area contributed by atoms with E-state index in [2.05, 4.69) is 6.58 Å². The minimum Gasteiger partial charge on any atom is -0.457 e. The molecular formula is C19H34N2O. The van der Waals surface area contributed by atoms with Crippen LogP contribution in [0.1, 0.15) is 48.5 Å². The first-order valence-corrected chi connectivity index (χ1v) is 7.91. The van der Waals surface area contributed by atoms with Crippen LogP contribution < -0.4 is 16.2 Å². The Bertz CT molecular complexity index is 431. The molecule has 0 amide bonds. The topological polar surface area (TPSA) is 61.3 Å². The van der Waals surface area contributed by atoms with Crippen LogP contribution in [0.2, 0.25) is 0 Å². The lowest BCUT2D eigenvalue weighted by molar-refractivity contribution is 0.444. The fourth-order valence-electron chi connectivity index (χ4n) is 1.17. The molecule has 0 unspecified atom stereocenters. The summed E-state index contributed by atoms with van der Waals surface area (Å²) in [6.45, 7) is 17.4. The molecule has 0 aromatic heterocycles. The van der Waals surface area contributed by atoms with Crippen molar-refractivity contribution in [1.82, 2.24) is 0 Å². The minimum absolute atomic E-state index is 0.626. The lowest BCUT2D eigenvalue weighted by Crippen LogP contribution is -1.97. The van der Waals surface area contributed by atoms with Crippen LogP contribution in [0.15, 0.2) is 60.5 Å². The number of nitrogen functional groups attached to an aromatic ring is 1. The van der Waals surface area contributed by atoms with Gasteiger partial charge in [0.15, 0.2) is 0 Å². The van der Waals surface area contributed by atoms with E-state index in [1.165, 1.54) is 0 Å². The Balaban J connectivity index is -0.000000535. The number of rotatable bonds is 4. The molecule has 0 aliphatic rings. The number of anilines is 1. The van der Waals surface area contributed by atoms with Gasteiger partial charge in [0.1, 0.15) is 11.5 Å². The highest BCUT2D eigenvalue weighted by molar-refractivity contribution is 5.44. The molecule has 0 radical (unpaired) electrons. The molecule has 0 spiro atoms. The van der Waals surface area contributed by atoms with E-state index in [1.807, 2.05) is 53.7 Å². The molecule has 0 aliphatic carbocycles. The van der Waals surface area contributed by atoms with Crippen LogP contribution in [0.4, 0.5) is 5.69 Å². The van der Waals surface area contributed by atoms with Crippen molar-refractivity contribution in [3.8, 4) is 5.75 Å². The van der Waals surface area contributed by atoms with E-state index < -0.39 is 0 Å². The standard InChI is InChI=1S/C13H16N2O.3C2H6/c1-3-5-12(8-10(2)14)16-13-7-4-6-11(15)9-13;3*1-2/h3-9H,1,14-15H2,2H3;3*1-2H3/b10-8+,12-5+;;;. The van der Waals surface area contributed by atoms with Crippen molar-refractivity contribution in [2.45, 2.75) is 48.5 Å². The molecule has 3 heteroatoms. The molecule has 0 saturated carbocycles. The van der Waals surface area contributed by atoms with Gasteiger partial charge in [-0.05, 0) is 31.2 Å². The summed E-state index contributed by atoms with van der Waals surface area (Å²) in [6, 6.07) is 7.20. The van der Waals surface area contributed by atoms with Crippen molar-refractivity contribution in [2.24, 2.45) is 5.73 Å². The maximum atomic E-state index is 5.65. The van der Waals surface area contributed by atoms with Crippen LogP contribution >= 0.6 is 0 Å². The zero-order valence-corrected chi connectivity index (χ0v) is 15.3. The lowest BCUT2D eigenvalue weighted by atomic mass is 10.3. The van der Waals surface area contributed by atoms with E-state index in [0.29, 0.717) is 22.9 Å². The summed E-state index contributed by atoms with van der Waals surface area (Å²) in [5.74, 6) is 1.30. The van der Waals surface area contributed by atoms with Crippen LogP contribution in [-0.4, -0.2) is 0 Å². The van der Waals surface area contributed by atoms with E-state index in [9.17, 15) is 0 Å². The molecule has 1 aromatic rings. The van der Waals surface area contributed by atoms with Crippen LogP contribution in [-0.2, 0) is 0 Å². The van der Waals surface area contributed by atoms with Crippen molar-refractivity contribution in [1.29, 1.82) is 0 Å². The maximum absolute atomic E-state index is 5.65. The third-order valence-electron chi connectivity index (χ3n) is 1.75. The van der Waals surface area contributed by atoms with Crippen LogP contribution in [0, 0.1) is 0 Å². The van der Waals surface area contributed by atoms with Gasteiger partial charge in [0.25, 0.3) is 0 Å². The van der Waals surface area contributed by atoms with Gasteiger partial charge < -0.3 is 16.2 Å². The zero-order chi connectivity index (χ0) is 18.0. The van der Waals surface area contributed by atoms with Gasteiger partial charge in [-0.1, -0.05) is 60.3 Å². The second-order valence-corrected chi connectivity index (χ2v) is 3.37.